The highest BCUT2D eigenvalue weighted by molar-refractivity contribution is 5.82. The molecule has 0 fully saturated rings. The normalized spacial score (nSPS) is 15.7. The Labute approximate surface area is 153 Å². The minimum Gasteiger partial charge on any atom is -0.492 e. The Morgan fingerprint density at radius 2 is 1.92 bits per heavy atom. The maximum atomic E-state index is 6.15. The molecule has 1 unspecified atom stereocenters. The Morgan fingerprint density at radius 1 is 1.08 bits per heavy atom. The van der Waals surface area contributed by atoms with Crippen molar-refractivity contribution >= 4 is 16.8 Å². The zero-order valence-corrected chi connectivity index (χ0v) is 15.1. The van der Waals surface area contributed by atoms with E-state index >= 15 is 0 Å². The second kappa shape index (κ2) is 7.18. The number of pyridine rings is 1. The van der Waals surface area contributed by atoms with E-state index in [9.17, 15) is 0 Å². The molecule has 0 saturated carbocycles. The van der Waals surface area contributed by atoms with E-state index in [1.54, 1.807) is 0 Å². The van der Waals surface area contributed by atoms with Crippen LogP contribution in [0.5, 0.6) is 11.5 Å². The van der Waals surface area contributed by atoms with Gasteiger partial charge in [-0.05, 0) is 49.8 Å². The molecule has 0 bridgehead atoms. The summed E-state index contributed by atoms with van der Waals surface area (Å²) >= 11 is 0. The van der Waals surface area contributed by atoms with E-state index in [0.29, 0.717) is 6.61 Å². The second-order valence-corrected chi connectivity index (χ2v) is 6.71. The molecule has 4 heteroatoms. The molecule has 2 aromatic carbocycles. The molecular formula is C22H22N2O2. The van der Waals surface area contributed by atoms with Gasteiger partial charge in [0.1, 0.15) is 18.1 Å². The molecule has 0 spiro atoms. The lowest BCUT2D eigenvalue weighted by Gasteiger charge is -2.22. The van der Waals surface area contributed by atoms with Crippen LogP contribution in [-0.4, -0.2) is 37.1 Å². The number of rotatable bonds is 5. The van der Waals surface area contributed by atoms with E-state index in [0.717, 1.165) is 34.7 Å². The topological polar surface area (TPSA) is 34.6 Å². The summed E-state index contributed by atoms with van der Waals surface area (Å²) in [6.45, 7) is 1.55. The summed E-state index contributed by atoms with van der Waals surface area (Å²) in [6.07, 6.45) is 5.86. The summed E-state index contributed by atoms with van der Waals surface area (Å²) in [5.74, 6) is 1.72. The number of benzene rings is 2. The molecule has 4 rings (SSSR count). The molecule has 1 atom stereocenters. The third-order valence-electron chi connectivity index (χ3n) is 4.44. The van der Waals surface area contributed by atoms with Crippen LogP contribution in [0, 0.1) is 0 Å². The van der Waals surface area contributed by atoms with Crippen molar-refractivity contribution in [2.75, 3.05) is 27.2 Å². The number of nitrogens with zero attached hydrogens (tertiary/aromatic N) is 2. The molecule has 0 radical (unpaired) electrons. The van der Waals surface area contributed by atoms with E-state index in [1.165, 1.54) is 5.39 Å². The first kappa shape index (κ1) is 16.6. The first-order chi connectivity index (χ1) is 12.7. The Hall–Kier alpha value is -2.85. The summed E-state index contributed by atoms with van der Waals surface area (Å²) in [6, 6.07) is 16.3. The van der Waals surface area contributed by atoms with Crippen LogP contribution >= 0.6 is 0 Å². The van der Waals surface area contributed by atoms with Gasteiger partial charge in [-0.2, -0.15) is 0 Å². The standard InChI is InChI=1S/C22H22N2O2/c1-24(2)11-12-25-19-8-10-21-17(13-19)7-9-22(26-21)20-14-16-5-3-4-6-18(16)15-23-20/h3-10,13-15,22H,11-12H2,1-2H3. The molecule has 1 aliphatic rings. The van der Waals surface area contributed by atoms with Crippen LogP contribution in [-0.2, 0) is 0 Å². The third kappa shape index (κ3) is 3.55. The predicted octanol–water partition coefficient (Wildman–Crippen LogP) is 4.32. The number of hydrogen-bond donors (Lipinski definition) is 0. The van der Waals surface area contributed by atoms with Gasteiger partial charge in [-0.15, -0.1) is 0 Å². The average Bonchev–Trinajstić information content (AvgIpc) is 2.67. The molecule has 0 aliphatic carbocycles. The highest BCUT2D eigenvalue weighted by Crippen LogP contribution is 2.34. The molecule has 1 aliphatic heterocycles. The van der Waals surface area contributed by atoms with Crippen molar-refractivity contribution in [3.8, 4) is 11.5 Å². The SMILES string of the molecule is CN(C)CCOc1ccc2c(c1)C=CC(c1cc3ccccc3cn1)O2. The molecule has 4 nitrogen and oxygen atoms in total. The molecule has 0 N–H and O–H groups in total. The van der Waals surface area contributed by atoms with Crippen LogP contribution < -0.4 is 9.47 Å². The molecule has 2 heterocycles. The smallest absolute Gasteiger partial charge is 0.159 e. The van der Waals surface area contributed by atoms with Gasteiger partial charge in [-0.1, -0.05) is 30.3 Å². The van der Waals surface area contributed by atoms with Gasteiger partial charge >= 0.3 is 0 Å². The minimum absolute atomic E-state index is 0.174. The molecule has 0 saturated heterocycles. The van der Waals surface area contributed by atoms with Crippen molar-refractivity contribution in [1.29, 1.82) is 0 Å². The van der Waals surface area contributed by atoms with Crippen molar-refractivity contribution in [1.82, 2.24) is 9.88 Å². The predicted molar refractivity (Wildman–Crippen MR) is 105 cm³/mol. The summed E-state index contributed by atoms with van der Waals surface area (Å²) in [5.41, 5.74) is 1.95. The molecular weight excluding hydrogens is 324 g/mol. The Balaban J connectivity index is 1.51. The van der Waals surface area contributed by atoms with Gasteiger partial charge in [0, 0.05) is 23.7 Å². The first-order valence-corrected chi connectivity index (χ1v) is 8.80. The highest BCUT2D eigenvalue weighted by Gasteiger charge is 2.18. The van der Waals surface area contributed by atoms with E-state index in [1.807, 2.05) is 56.7 Å². The van der Waals surface area contributed by atoms with E-state index < -0.39 is 0 Å². The zero-order valence-electron chi connectivity index (χ0n) is 15.1. The quantitative estimate of drug-likeness (QED) is 0.689. The van der Waals surface area contributed by atoms with Gasteiger partial charge in [-0.3, -0.25) is 4.98 Å². The third-order valence-corrected chi connectivity index (χ3v) is 4.44. The molecule has 1 aromatic heterocycles. The van der Waals surface area contributed by atoms with Gasteiger partial charge in [0.05, 0.1) is 5.69 Å². The van der Waals surface area contributed by atoms with Crippen LogP contribution in [0.2, 0.25) is 0 Å². The summed E-state index contributed by atoms with van der Waals surface area (Å²) < 4.78 is 12.0. The summed E-state index contributed by atoms with van der Waals surface area (Å²) in [5, 5.41) is 2.31. The zero-order chi connectivity index (χ0) is 17.9. The van der Waals surface area contributed by atoms with Gasteiger partial charge in [0.25, 0.3) is 0 Å². The Bertz CT molecular complexity index is 950. The number of aromatic nitrogens is 1. The number of hydrogen-bond acceptors (Lipinski definition) is 4. The van der Waals surface area contributed by atoms with Gasteiger partial charge < -0.3 is 14.4 Å². The Morgan fingerprint density at radius 3 is 2.77 bits per heavy atom. The highest BCUT2D eigenvalue weighted by atomic mass is 16.5. The van der Waals surface area contributed by atoms with Crippen LogP contribution in [0.3, 0.4) is 0 Å². The second-order valence-electron chi connectivity index (χ2n) is 6.71. The lowest BCUT2D eigenvalue weighted by Crippen LogP contribution is -2.19. The molecule has 0 amide bonds. The van der Waals surface area contributed by atoms with E-state index in [-0.39, 0.29) is 6.10 Å². The average molecular weight is 346 g/mol. The first-order valence-electron chi connectivity index (χ1n) is 8.80. The molecule has 3 aromatic rings. The van der Waals surface area contributed by atoms with Crippen molar-refractivity contribution < 1.29 is 9.47 Å². The van der Waals surface area contributed by atoms with Crippen molar-refractivity contribution in [2.45, 2.75) is 6.10 Å². The van der Waals surface area contributed by atoms with Crippen LogP contribution in [0.25, 0.3) is 16.8 Å². The van der Waals surface area contributed by atoms with Crippen molar-refractivity contribution in [3.05, 3.63) is 72.1 Å². The van der Waals surface area contributed by atoms with Gasteiger partial charge in [0.15, 0.2) is 6.10 Å². The van der Waals surface area contributed by atoms with Gasteiger partial charge in [-0.25, -0.2) is 0 Å². The Kier molecular flexibility index (Phi) is 4.59. The lowest BCUT2D eigenvalue weighted by molar-refractivity contribution is 0.244. The van der Waals surface area contributed by atoms with Crippen molar-refractivity contribution in [3.63, 3.8) is 0 Å². The van der Waals surface area contributed by atoms with Crippen molar-refractivity contribution in [2.24, 2.45) is 0 Å². The lowest BCUT2D eigenvalue weighted by atomic mass is 10.1. The number of likely N-dealkylation sites (N-methyl/N-ethyl adjacent to an activating group) is 1. The number of fused-ring (bicyclic) bond motifs is 2. The summed E-state index contributed by atoms with van der Waals surface area (Å²) in [7, 11) is 4.07. The fraction of sp³-hybridized carbons (Fsp3) is 0.227. The van der Waals surface area contributed by atoms with E-state index in [4.69, 9.17) is 9.47 Å². The monoisotopic (exact) mass is 346 g/mol. The minimum atomic E-state index is -0.174. The largest absolute Gasteiger partial charge is 0.492 e. The van der Waals surface area contributed by atoms with E-state index in [2.05, 4.69) is 34.2 Å². The fourth-order valence-electron chi connectivity index (χ4n) is 2.98. The fourth-order valence-corrected chi connectivity index (χ4v) is 2.98. The molecule has 132 valence electrons. The maximum Gasteiger partial charge on any atom is 0.159 e. The maximum absolute atomic E-state index is 6.15. The number of ether oxygens (including phenoxy) is 2. The van der Waals surface area contributed by atoms with Gasteiger partial charge in [0.2, 0.25) is 0 Å². The van der Waals surface area contributed by atoms with Crippen LogP contribution in [0.1, 0.15) is 17.4 Å². The summed E-state index contributed by atoms with van der Waals surface area (Å²) in [4.78, 5) is 6.67. The van der Waals surface area contributed by atoms with Crippen LogP contribution in [0.4, 0.5) is 0 Å². The van der Waals surface area contributed by atoms with Crippen LogP contribution in [0.15, 0.2) is 60.8 Å². The molecule has 26 heavy (non-hydrogen) atoms.